The predicted octanol–water partition coefficient (Wildman–Crippen LogP) is 1.27. The maximum atomic E-state index is 10.8. The number of benzene rings is 1. The number of amides is 1. The second-order valence-electron chi connectivity index (χ2n) is 3.65. The molecule has 2 aromatic rings. The summed E-state index contributed by atoms with van der Waals surface area (Å²) in [5.41, 5.74) is 5.76. The molecule has 1 heterocycles. The topological polar surface area (TPSA) is 112 Å². The molecule has 92 valence electrons. The van der Waals surface area contributed by atoms with E-state index in [0.29, 0.717) is 17.7 Å². The molecule has 0 atom stereocenters. The van der Waals surface area contributed by atoms with E-state index in [0.717, 1.165) is 0 Å². The molecular weight excluding hydrogens is 238 g/mol. The highest BCUT2D eigenvalue weighted by Crippen LogP contribution is 2.16. The lowest BCUT2D eigenvalue weighted by Gasteiger charge is -1.97. The second kappa shape index (κ2) is 4.66. The van der Waals surface area contributed by atoms with Crippen LogP contribution in [0.5, 0.6) is 0 Å². The number of nitro groups is 1. The van der Waals surface area contributed by atoms with Gasteiger partial charge in [-0.1, -0.05) is 17.3 Å². The highest BCUT2D eigenvalue weighted by atomic mass is 16.6. The molecule has 1 amide bonds. The predicted molar refractivity (Wildman–Crippen MR) is 60.9 cm³/mol. The van der Waals surface area contributed by atoms with Crippen molar-refractivity contribution < 1.29 is 14.2 Å². The molecule has 0 unspecified atom stereocenters. The Bertz CT molecular complexity index is 606. The molecule has 0 saturated heterocycles. The van der Waals surface area contributed by atoms with E-state index >= 15 is 0 Å². The van der Waals surface area contributed by atoms with Crippen molar-refractivity contribution in [2.45, 2.75) is 6.42 Å². The Balaban J connectivity index is 2.20. The van der Waals surface area contributed by atoms with Crippen LogP contribution < -0.4 is 5.73 Å². The molecule has 0 radical (unpaired) electrons. The molecule has 7 nitrogen and oxygen atoms in total. The molecule has 0 fully saturated rings. The number of nitrogens with zero attached hydrogens (tertiary/aromatic N) is 2. The van der Waals surface area contributed by atoms with Crippen LogP contribution in [0.3, 0.4) is 0 Å². The van der Waals surface area contributed by atoms with E-state index in [4.69, 9.17) is 10.3 Å². The lowest BCUT2D eigenvalue weighted by atomic mass is 10.1. The molecule has 0 saturated carbocycles. The van der Waals surface area contributed by atoms with Crippen LogP contribution in [-0.4, -0.2) is 16.0 Å². The van der Waals surface area contributed by atoms with Crippen molar-refractivity contribution in [1.29, 1.82) is 0 Å². The third-order valence-electron chi connectivity index (χ3n) is 2.31. The molecule has 18 heavy (non-hydrogen) atoms. The van der Waals surface area contributed by atoms with Crippen molar-refractivity contribution in [3.05, 3.63) is 57.5 Å². The maximum Gasteiger partial charge on any atom is 0.270 e. The summed E-state index contributed by atoms with van der Waals surface area (Å²) in [5, 5.41) is 14.1. The fourth-order valence-corrected chi connectivity index (χ4v) is 1.49. The first-order valence-corrected chi connectivity index (χ1v) is 5.05. The van der Waals surface area contributed by atoms with Gasteiger partial charge in [-0.3, -0.25) is 14.9 Å². The number of aromatic nitrogens is 1. The minimum atomic E-state index is -0.677. The molecule has 1 aromatic heterocycles. The van der Waals surface area contributed by atoms with Gasteiger partial charge in [-0.25, -0.2) is 0 Å². The van der Waals surface area contributed by atoms with Crippen molar-refractivity contribution in [2.75, 3.05) is 0 Å². The van der Waals surface area contributed by atoms with Gasteiger partial charge in [-0.05, 0) is 5.56 Å². The van der Waals surface area contributed by atoms with E-state index in [9.17, 15) is 14.9 Å². The molecule has 2 N–H and O–H groups in total. The molecule has 0 spiro atoms. The zero-order valence-corrected chi connectivity index (χ0v) is 9.20. The smallest absolute Gasteiger partial charge is 0.270 e. The van der Waals surface area contributed by atoms with Crippen molar-refractivity contribution in [3.63, 3.8) is 0 Å². The number of hydrogen-bond donors (Lipinski definition) is 1. The summed E-state index contributed by atoms with van der Waals surface area (Å²) in [5.74, 6) is -0.256. The maximum absolute atomic E-state index is 10.8. The Morgan fingerprint density at radius 2 is 2.22 bits per heavy atom. The molecule has 0 aliphatic rings. The van der Waals surface area contributed by atoms with Crippen LogP contribution in [0.4, 0.5) is 5.69 Å². The lowest BCUT2D eigenvalue weighted by Crippen LogP contribution is -2.10. The summed E-state index contributed by atoms with van der Waals surface area (Å²) in [7, 11) is 0. The van der Waals surface area contributed by atoms with Gasteiger partial charge in [0.15, 0.2) is 5.69 Å². The fourth-order valence-electron chi connectivity index (χ4n) is 1.49. The van der Waals surface area contributed by atoms with Crippen LogP contribution in [0.2, 0.25) is 0 Å². The van der Waals surface area contributed by atoms with Gasteiger partial charge < -0.3 is 10.3 Å². The second-order valence-corrected chi connectivity index (χ2v) is 3.65. The van der Waals surface area contributed by atoms with Crippen LogP contribution in [0, 0.1) is 10.1 Å². The van der Waals surface area contributed by atoms with E-state index in [1.807, 2.05) is 0 Å². The minimum Gasteiger partial charge on any atom is -0.364 e. The molecule has 0 aliphatic carbocycles. The Labute approximate surface area is 101 Å². The van der Waals surface area contributed by atoms with Crippen LogP contribution in [-0.2, 0) is 6.42 Å². The molecule has 0 aliphatic heterocycles. The molecule has 7 heteroatoms. The van der Waals surface area contributed by atoms with Crippen molar-refractivity contribution in [2.24, 2.45) is 5.73 Å². The molecule has 2 rings (SSSR count). The average molecular weight is 247 g/mol. The SMILES string of the molecule is NC(=O)c1cc(Cc2cccc([N+](=O)[O-])c2)on1. The van der Waals surface area contributed by atoms with E-state index < -0.39 is 10.8 Å². The van der Waals surface area contributed by atoms with Gasteiger partial charge in [0, 0.05) is 24.6 Å². The standard InChI is InChI=1S/C11H9N3O4/c12-11(15)10-6-9(18-13-10)5-7-2-1-3-8(4-7)14(16)17/h1-4,6H,5H2,(H2,12,15). The zero-order valence-electron chi connectivity index (χ0n) is 9.20. The Hall–Kier alpha value is -2.70. The third-order valence-corrected chi connectivity index (χ3v) is 2.31. The summed E-state index contributed by atoms with van der Waals surface area (Å²) >= 11 is 0. The van der Waals surface area contributed by atoms with Gasteiger partial charge in [0.05, 0.1) is 4.92 Å². The number of primary amides is 1. The molecule has 0 bridgehead atoms. The van der Waals surface area contributed by atoms with Crippen LogP contribution in [0.25, 0.3) is 0 Å². The number of nitro benzene ring substituents is 1. The fraction of sp³-hybridized carbons (Fsp3) is 0.0909. The first-order chi connectivity index (χ1) is 8.56. The van der Waals surface area contributed by atoms with Gasteiger partial charge in [0.2, 0.25) is 0 Å². The molecule has 1 aromatic carbocycles. The zero-order chi connectivity index (χ0) is 13.1. The van der Waals surface area contributed by atoms with E-state index in [1.165, 1.54) is 18.2 Å². The summed E-state index contributed by atoms with van der Waals surface area (Å²) in [6, 6.07) is 7.56. The number of carbonyl (C=O) groups is 1. The summed E-state index contributed by atoms with van der Waals surface area (Å²) < 4.78 is 4.91. The highest BCUT2D eigenvalue weighted by molar-refractivity contribution is 5.90. The monoisotopic (exact) mass is 247 g/mol. The number of rotatable bonds is 4. The first kappa shape index (κ1) is 11.8. The highest BCUT2D eigenvalue weighted by Gasteiger charge is 2.11. The van der Waals surface area contributed by atoms with Gasteiger partial charge >= 0.3 is 0 Å². The van der Waals surface area contributed by atoms with E-state index in [2.05, 4.69) is 5.16 Å². The summed E-state index contributed by atoms with van der Waals surface area (Å²) in [4.78, 5) is 21.0. The van der Waals surface area contributed by atoms with Gasteiger partial charge in [0.1, 0.15) is 5.76 Å². The van der Waals surface area contributed by atoms with E-state index in [1.54, 1.807) is 12.1 Å². The van der Waals surface area contributed by atoms with Gasteiger partial charge in [-0.2, -0.15) is 0 Å². The number of carbonyl (C=O) groups excluding carboxylic acids is 1. The Kier molecular flexibility index (Phi) is 3.05. The third kappa shape index (κ3) is 2.51. The normalized spacial score (nSPS) is 10.2. The van der Waals surface area contributed by atoms with Gasteiger partial charge in [-0.15, -0.1) is 0 Å². The van der Waals surface area contributed by atoms with Crippen LogP contribution in [0.15, 0.2) is 34.9 Å². The number of hydrogen-bond acceptors (Lipinski definition) is 5. The van der Waals surface area contributed by atoms with Crippen LogP contribution in [0.1, 0.15) is 21.8 Å². The number of non-ortho nitro benzene ring substituents is 1. The number of nitrogens with two attached hydrogens (primary N) is 1. The molecular formula is C11H9N3O4. The van der Waals surface area contributed by atoms with Crippen molar-refractivity contribution in [1.82, 2.24) is 5.16 Å². The Morgan fingerprint density at radius 1 is 1.44 bits per heavy atom. The van der Waals surface area contributed by atoms with E-state index in [-0.39, 0.29) is 11.4 Å². The summed E-state index contributed by atoms with van der Waals surface area (Å²) in [6.45, 7) is 0. The van der Waals surface area contributed by atoms with Crippen LogP contribution >= 0.6 is 0 Å². The quantitative estimate of drug-likeness (QED) is 0.645. The average Bonchev–Trinajstić information content (AvgIpc) is 2.78. The minimum absolute atomic E-state index is 0.00198. The lowest BCUT2D eigenvalue weighted by molar-refractivity contribution is -0.384. The van der Waals surface area contributed by atoms with Gasteiger partial charge in [0.25, 0.3) is 11.6 Å². The van der Waals surface area contributed by atoms with Crippen molar-refractivity contribution >= 4 is 11.6 Å². The summed E-state index contributed by atoms with van der Waals surface area (Å²) in [6.07, 6.45) is 0.307. The Morgan fingerprint density at radius 3 is 2.83 bits per heavy atom. The first-order valence-electron chi connectivity index (χ1n) is 5.05. The largest absolute Gasteiger partial charge is 0.364 e. The van der Waals surface area contributed by atoms with Crippen molar-refractivity contribution in [3.8, 4) is 0 Å².